The van der Waals surface area contributed by atoms with Crippen molar-refractivity contribution in [3.63, 3.8) is 0 Å². The molecule has 2 atom stereocenters. The van der Waals surface area contributed by atoms with Crippen molar-refractivity contribution in [2.75, 3.05) is 27.2 Å². The van der Waals surface area contributed by atoms with Gasteiger partial charge in [-0.15, -0.1) is 0 Å². The Kier molecular flexibility index (Phi) is 6.97. The van der Waals surface area contributed by atoms with Crippen molar-refractivity contribution in [2.24, 2.45) is 5.41 Å². The van der Waals surface area contributed by atoms with Crippen LogP contribution in [0.2, 0.25) is 0 Å². The van der Waals surface area contributed by atoms with Gasteiger partial charge in [0.1, 0.15) is 5.82 Å². The summed E-state index contributed by atoms with van der Waals surface area (Å²) >= 11 is 0. The second-order valence-electron chi connectivity index (χ2n) is 7.80. The molecule has 3 nitrogen and oxygen atoms in total. The molecule has 0 aliphatic carbocycles. The lowest BCUT2D eigenvalue weighted by Crippen LogP contribution is -2.41. The molecule has 26 heavy (non-hydrogen) atoms. The summed E-state index contributed by atoms with van der Waals surface area (Å²) in [6.07, 6.45) is 6.43. The Hall–Kier alpha value is -1.70. The van der Waals surface area contributed by atoms with Gasteiger partial charge >= 0.3 is 0 Å². The molecule has 1 aliphatic rings. The number of allylic oxidation sites excluding steroid dienone is 2. The van der Waals surface area contributed by atoms with Gasteiger partial charge in [-0.05, 0) is 70.4 Å². The minimum absolute atomic E-state index is 0.117. The molecule has 1 saturated heterocycles. The van der Waals surface area contributed by atoms with E-state index in [1.165, 1.54) is 12.1 Å². The van der Waals surface area contributed by atoms with E-state index in [1.807, 2.05) is 19.1 Å². The highest BCUT2D eigenvalue weighted by molar-refractivity contribution is 5.29. The fourth-order valence-electron chi connectivity index (χ4n) is 4.02. The van der Waals surface area contributed by atoms with Crippen LogP contribution in [0.4, 0.5) is 4.39 Å². The summed E-state index contributed by atoms with van der Waals surface area (Å²) < 4.78 is 19.9. The molecule has 1 heterocycles. The van der Waals surface area contributed by atoms with Crippen molar-refractivity contribution in [1.29, 1.82) is 5.26 Å². The van der Waals surface area contributed by atoms with E-state index in [0.717, 1.165) is 49.8 Å². The maximum Gasteiger partial charge on any atom is 0.123 e. The zero-order valence-electron chi connectivity index (χ0n) is 16.5. The number of rotatable bonds is 8. The molecule has 0 bridgehead atoms. The molecule has 0 N–H and O–H groups in total. The lowest BCUT2D eigenvalue weighted by Gasteiger charge is -2.43. The molecule has 0 aromatic heterocycles. The number of nitriles is 1. The quantitative estimate of drug-likeness (QED) is 0.611. The van der Waals surface area contributed by atoms with Gasteiger partial charge in [-0.1, -0.05) is 32.1 Å². The van der Waals surface area contributed by atoms with E-state index in [2.05, 4.69) is 38.1 Å². The van der Waals surface area contributed by atoms with Crippen LogP contribution < -0.4 is 0 Å². The van der Waals surface area contributed by atoms with Crippen LogP contribution in [0.15, 0.2) is 35.9 Å². The van der Waals surface area contributed by atoms with Crippen LogP contribution in [0.25, 0.3) is 0 Å². The molecular weight excluding hydrogens is 327 g/mol. The minimum atomic E-state index is -0.443. The summed E-state index contributed by atoms with van der Waals surface area (Å²) in [7, 11) is 4.14. The lowest BCUT2D eigenvalue weighted by molar-refractivity contribution is -0.0718. The molecule has 0 amide bonds. The molecule has 142 valence electrons. The number of nitrogens with zero attached hydrogens (tertiary/aromatic N) is 2. The van der Waals surface area contributed by atoms with Gasteiger partial charge in [0.15, 0.2) is 0 Å². The molecular formula is C22H31FN2O. The fourth-order valence-corrected chi connectivity index (χ4v) is 4.02. The molecule has 0 spiro atoms. The topological polar surface area (TPSA) is 36.3 Å². The summed E-state index contributed by atoms with van der Waals surface area (Å²) in [5.74, 6) is -0.227. The molecule has 4 heteroatoms. The highest BCUT2D eigenvalue weighted by Crippen LogP contribution is 2.55. The minimum Gasteiger partial charge on any atom is -0.370 e. The van der Waals surface area contributed by atoms with E-state index in [9.17, 15) is 9.65 Å². The molecule has 1 aromatic carbocycles. The van der Waals surface area contributed by atoms with E-state index in [-0.39, 0.29) is 11.2 Å². The number of halogens is 1. The fraction of sp³-hybridized carbons (Fsp3) is 0.591. The van der Waals surface area contributed by atoms with E-state index in [0.29, 0.717) is 6.61 Å². The van der Waals surface area contributed by atoms with Crippen LogP contribution >= 0.6 is 0 Å². The van der Waals surface area contributed by atoms with Crippen LogP contribution in [-0.4, -0.2) is 32.1 Å². The average Bonchev–Trinajstić information content (AvgIpc) is 2.94. The van der Waals surface area contributed by atoms with E-state index >= 15 is 0 Å². The monoisotopic (exact) mass is 358 g/mol. The van der Waals surface area contributed by atoms with Gasteiger partial charge in [0.25, 0.3) is 0 Å². The third-order valence-electron chi connectivity index (χ3n) is 5.75. The Morgan fingerprint density at radius 3 is 2.62 bits per heavy atom. The van der Waals surface area contributed by atoms with Gasteiger partial charge < -0.3 is 9.64 Å². The Labute approximate surface area is 157 Å². The predicted molar refractivity (Wildman–Crippen MR) is 103 cm³/mol. The van der Waals surface area contributed by atoms with Crippen molar-refractivity contribution in [3.8, 4) is 6.07 Å². The first-order valence-corrected chi connectivity index (χ1v) is 9.51. The van der Waals surface area contributed by atoms with Crippen LogP contribution in [0.1, 0.15) is 51.5 Å². The van der Waals surface area contributed by atoms with Crippen LogP contribution in [0.5, 0.6) is 0 Å². The Balaban J connectivity index is 2.38. The first kappa shape index (κ1) is 20.6. The van der Waals surface area contributed by atoms with Crippen molar-refractivity contribution >= 4 is 0 Å². The number of ether oxygens (including phenoxy) is 1. The van der Waals surface area contributed by atoms with Gasteiger partial charge in [-0.2, -0.15) is 5.26 Å². The Morgan fingerprint density at radius 1 is 1.35 bits per heavy atom. The van der Waals surface area contributed by atoms with Gasteiger partial charge in [-0.25, -0.2) is 4.39 Å². The lowest BCUT2D eigenvalue weighted by atomic mass is 9.65. The molecule has 1 unspecified atom stereocenters. The van der Waals surface area contributed by atoms with E-state index in [1.54, 1.807) is 0 Å². The van der Waals surface area contributed by atoms with Crippen LogP contribution in [0, 0.1) is 22.6 Å². The smallest absolute Gasteiger partial charge is 0.123 e. The highest BCUT2D eigenvalue weighted by atomic mass is 19.1. The number of hydrogen-bond donors (Lipinski definition) is 0. The van der Waals surface area contributed by atoms with E-state index < -0.39 is 5.60 Å². The summed E-state index contributed by atoms with van der Waals surface area (Å²) in [5.41, 5.74) is 1.30. The van der Waals surface area contributed by atoms with Crippen molar-refractivity contribution in [2.45, 2.75) is 51.6 Å². The zero-order valence-corrected chi connectivity index (χ0v) is 16.5. The second-order valence-corrected chi connectivity index (χ2v) is 7.80. The summed E-state index contributed by atoms with van der Waals surface area (Å²) in [5, 5.41) is 9.27. The Morgan fingerprint density at radius 2 is 2.04 bits per heavy atom. The third kappa shape index (κ3) is 4.34. The van der Waals surface area contributed by atoms with Gasteiger partial charge in [-0.3, -0.25) is 0 Å². The SMILES string of the molecule is CC/C(C#N)=C\CC1(C)CCO[C@@]1(CCCN(C)C)c1ccc(F)cc1. The van der Waals surface area contributed by atoms with E-state index in [4.69, 9.17) is 4.74 Å². The molecule has 1 fully saturated rings. The predicted octanol–water partition coefficient (Wildman–Crippen LogP) is 5.04. The summed E-state index contributed by atoms with van der Waals surface area (Å²) in [4.78, 5) is 2.18. The third-order valence-corrected chi connectivity index (χ3v) is 5.75. The number of benzene rings is 1. The van der Waals surface area contributed by atoms with Crippen LogP contribution in [0.3, 0.4) is 0 Å². The van der Waals surface area contributed by atoms with Gasteiger partial charge in [0.2, 0.25) is 0 Å². The zero-order chi connectivity index (χ0) is 19.2. The molecule has 1 aliphatic heterocycles. The number of hydrogen-bond acceptors (Lipinski definition) is 3. The van der Waals surface area contributed by atoms with Crippen molar-refractivity contribution in [3.05, 3.63) is 47.3 Å². The standard InChI is InChI=1S/C22H31FN2O/c1-5-18(17-24)11-13-21(2)14-16-26-22(21,12-6-15-25(3)4)19-7-9-20(23)10-8-19/h7-11H,5-6,12-16H2,1-4H3/b18-11+/t21?,22-/m0/s1. The second kappa shape index (κ2) is 8.79. The summed E-state index contributed by atoms with van der Waals surface area (Å²) in [6.45, 7) is 5.93. The van der Waals surface area contributed by atoms with Gasteiger partial charge in [0, 0.05) is 17.6 Å². The maximum absolute atomic E-state index is 13.5. The van der Waals surface area contributed by atoms with Crippen LogP contribution in [-0.2, 0) is 10.3 Å². The summed E-state index contributed by atoms with van der Waals surface area (Å²) in [6, 6.07) is 9.06. The molecule has 0 radical (unpaired) electrons. The van der Waals surface area contributed by atoms with Gasteiger partial charge in [0.05, 0.1) is 11.7 Å². The highest BCUT2D eigenvalue weighted by Gasteiger charge is 2.53. The molecule has 1 aromatic rings. The normalized spacial score (nSPS) is 26.3. The first-order chi connectivity index (χ1) is 12.4. The largest absolute Gasteiger partial charge is 0.370 e. The first-order valence-electron chi connectivity index (χ1n) is 9.51. The van der Waals surface area contributed by atoms with Crippen molar-refractivity contribution < 1.29 is 9.13 Å². The Bertz CT molecular complexity index is 662. The van der Waals surface area contributed by atoms with Crippen molar-refractivity contribution in [1.82, 2.24) is 4.90 Å². The molecule has 0 saturated carbocycles. The maximum atomic E-state index is 13.5. The average molecular weight is 359 g/mol. The molecule has 2 rings (SSSR count).